The lowest BCUT2D eigenvalue weighted by Gasteiger charge is -2.28. The van der Waals surface area contributed by atoms with Crippen LogP contribution in [0.3, 0.4) is 0 Å². The Bertz CT molecular complexity index is 941. The highest BCUT2D eigenvalue weighted by molar-refractivity contribution is 6.35. The summed E-state index contributed by atoms with van der Waals surface area (Å²) in [6, 6.07) is 9.66. The minimum absolute atomic E-state index is 0.0237. The Balaban J connectivity index is 1.53. The van der Waals surface area contributed by atoms with Crippen LogP contribution in [0, 0.1) is 5.92 Å². The average molecular weight is 419 g/mol. The predicted octanol–water partition coefficient (Wildman–Crippen LogP) is 4.07. The van der Waals surface area contributed by atoms with Gasteiger partial charge in [0, 0.05) is 40.7 Å². The van der Waals surface area contributed by atoms with E-state index in [1.54, 1.807) is 43.4 Å². The van der Waals surface area contributed by atoms with Crippen molar-refractivity contribution in [3.05, 3.63) is 63.1 Å². The molecular formula is C21H20Cl2N2O3. The van der Waals surface area contributed by atoms with Gasteiger partial charge in [0.05, 0.1) is 12.1 Å². The van der Waals surface area contributed by atoms with Gasteiger partial charge in [-0.3, -0.25) is 9.59 Å². The van der Waals surface area contributed by atoms with Gasteiger partial charge in [-0.2, -0.15) is 0 Å². The standard InChI is InChI=1S/C21H20Cl2N2O3/c1-25(19-16-8-13(22)9-17(23)15(16)10-18(19)26)21(28)12-4-6-14(7-5-12)24-20(27)11-2-3-11/h4-9,11,18-19,26H,2-3,10H2,1H3,(H,24,27)/t18-,19-/m0/s1. The Morgan fingerprint density at radius 1 is 1.14 bits per heavy atom. The molecular weight excluding hydrogens is 399 g/mol. The Morgan fingerprint density at radius 2 is 1.82 bits per heavy atom. The molecule has 2 aliphatic carbocycles. The number of carbonyl (C=O) groups is 2. The fourth-order valence-corrected chi connectivity index (χ4v) is 4.30. The lowest BCUT2D eigenvalue weighted by molar-refractivity contribution is -0.117. The zero-order valence-electron chi connectivity index (χ0n) is 15.3. The minimum Gasteiger partial charge on any atom is -0.390 e. The van der Waals surface area contributed by atoms with Crippen LogP contribution in [0.5, 0.6) is 0 Å². The first-order chi connectivity index (χ1) is 13.3. The number of halogens is 2. The topological polar surface area (TPSA) is 69.6 Å². The summed E-state index contributed by atoms with van der Waals surface area (Å²) in [5, 5.41) is 14.4. The molecule has 2 aromatic carbocycles. The summed E-state index contributed by atoms with van der Waals surface area (Å²) in [6.07, 6.45) is 1.50. The van der Waals surface area contributed by atoms with Gasteiger partial charge in [0.15, 0.2) is 0 Å². The van der Waals surface area contributed by atoms with E-state index < -0.39 is 12.1 Å². The number of amides is 2. The normalized spacial score (nSPS) is 20.6. The van der Waals surface area contributed by atoms with Gasteiger partial charge >= 0.3 is 0 Å². The molecule has 5 nitrogen and oxygen atoms in total. The SMILES string of the molecule is CN(C(=O)c1ccc(NC(=O)C2CC2)cc1)[C@H]1c2cc(Cl)cc(Cl)c2C[C@@H]1O. The number of fused-ring (bicyclic) bond motifs is 1. The summed E-state index contributed by atoms with van der Waals surface area (Å²) >= 11 is 12.4. The molecule has 2 amide bonds. The molecule has 0 radical (unpaired) electrons. The molecule has 2 aromatic rings. The van der Waals surface area contributed by atoms with Gasteiger partial charge in [-0.1, -0.05) is 23.2 Å². The molecule has 28 heavy (non-hydrogen) atoms. The van der Waals surface area contributed by atoms with Crippen molar-refractivity contribution in [2.75, 3.05) is 12.4 Å². The van der Waals surface area contributed by atoms with Gasteiger partial charge in [0.1, 0.15) is 0 Å². The number of aliphatic hydroxyl groups is 1. The molecule has 1 saturated carbocycles. The van der Waals surface area contributed by atoms with E-state index in [9.17, 15) is 14.7 Å². The van der Waals surface area contributed by atoms with Crippen molar-refractivity contribution < 1.29 is 14.7 Å². The van der Waals surface area contributed by atoms with E-state index in [0.717, 1.165) is 24.0 Å². The van der Waals surface area contributed by atoms with Crippen LogP contribution in [-0.4, -0.2) is 35.0 Å². The molecule has 0 spiro atoms. The smallest absolute Gasteiger partial charge is 0.254 e. The second kappa shape index (κ2) is 7.39. The number of hydrogen-bond donors (Lipinski definition) is 2. The summed E-state index contributed by atoms with van der Waals surface area (Å²) in [5.41, 5.74) is 2.73. The zero-order chi connectivity index (χ0) is 20.0. The van der Waals surface area contributed by atoms with Crippen molar-refractivity contribution in [1.82, 2.24) is 4.90 Å². The number of likely N-dealkylation sites (N-methyl/N-ethyl adjacent to an activating group) is 1. The van der Waals surface area contributed by atoms with Crippen molar-refractivity contribution in [2.45, 2.75) is 31.4 Å². The Labute approximate surface area is 173 Å². The van der Waals surface area contributed by atoms with Crippen molar-refractivity contribution >= 4 is 40.7 Å². The molecule has 7 heteroatoms. The van der Waals surface area contributed by atoms with Crippen molar-refractivity contribution in [3.63, 3.8) is 0 Å². The van der Waals surface area contributed by atoms with Crippen LogP contribution in [0.4, 0.5) is 5.69 Å². The Morgan fingerprint density at radius 3 is 2.46 bits per heavy atom. The van der Waals surface area contributed by atoms with Gasteiger partial charge in [-0.25, -0.2) is 0 Å². The van der Waals surface area contributed by atoms with Crippen LogP contribution in [0.1, 0.15) is 40.4 Å². The highest BCUT2D eigenvalue weighted by atomic mass is 35.5. The summed E-state index contributed by atoms with van der Waals surface area (Å²) in [6.45, 7) is 0. The van der Waals surface area contributed by atoms with Crippen LogP contribution in [0.15, 0.2) is 36.4 Å². The second-order valence-corrected chi connectivity index (χ2v) is 8.27. The van der Waals surface area contributed by atoms with E-state index in [2.05, 4.69) is 5.32 Å². The summed E-state index contributed by atoms with van der Waals surface area (Å²) in [7, 11) is 1.66. The second-order valence-electron chi connectivity index (χ2n) is 7.43. The number of nitrogens with zero attached hydrogens (tertiary/aromatic N) is 1. The highest BCUT2D eigenvalue weighted by Gasteiger charge is 2.38. The Hall–Kier alpha value is -2.08. The molecule has 0 aromatic heterocycles. The number of aliphatic hydroxyl groups excluding tert-OH is 1. The Kier molecular flexibility index (Phi) is 5.08. The maximum Gasteiger partial charge on any atom is 0.254 e. The van der Waals surface area contributed by atoms with Gasteiger partial charge in [-0.05, 0) is 60.4 Å². The fourth-order valence-electron chi connectivity index (χ4n) is 3.71. The molecule has 0 bridgehead atoms. The van der Waals surface area contributed by atoms with Gasteiger partial charge in [0.25, 0.3) is 5.91 Å². The number of benzene rings is 2. The number of anilines is 1. The monoisotopic (exact) mass is 418 g/mol. The molecule has 1 fully saturated rings. The van der Waals surface area contributed by atoms with Crippen LogP contribution < -0.4 is 5.32 Å². The van der Waals surface area contributed by atoms with Crippen molar-refractivity contribution in [2.24, 2.45) is 5.92 Å². The molecule has 0 heterocycles. The summed E-state index contributed by atoms with van der Waals surface area (Å²) < 4.78 is 0. The van der Waals surface area contributed by atoms with E-state index in [0.29, 0.717) is 27.7 Å². The molecule has 2 N–H and O–H groups in total. The lowest BCUT2D eigenvalue weighted by atomic mass is 10.0. The largest absolute Gasteiger partial charge is 0.390 e. The quantitative estimate of drug-likeness (QED) is 0.785. The molecule has 4 rings (SSSR count). The molecule has 2 atom stereocenters. The number of carbonyl (C=O) groups excluding carboxylic acids is 2. The average Bonchev–Trinajstić information content (AvgIpc) is 3.45. The third kappa shape index (κ3) is 3.62. The number of hydrogen-bond acceptors (Lipinski definition) is 3. The van der Waals surface area contributed by atoms with Crippen LogP contribution in [0.2, 0.25) is 10.0 Å². The summed E-state index contributed by atoms with van der Waals surface area (Å²) in [5.74, 6) is -0.0845. The van der Waals surface area contributed by atoms with Gasteiger partial charge in [-0.15, -0.1) is 0 Å². The van der Waals surface area contributed by atoms with E-state index >= 15 is 0 Å². The molecule has 0 aliphatic heterocycles. The fraction of sp³-hybridized carbons (Fsp3) is 0.333. The van der Waals surface area contributed by atoms with E-state index in [1.165, 1.54) is 4.90 Å². The highest BCUT2D eigenvalue weighted by Crippen LogP contribution is 2.41. The van der Waals surface area contributed by atoms with E-state index in [1.807, 2.05) is 0 Å². The van der Waals surface area contributed by atoms with E-state index in [4.69, 9.17) is 23.2 Å². The molecule has 0 unspecified atom stereocenters. The number of nitrogens with one attached hydrogen (secondary N) is 1. The first-order valence-electron chi connectivity index (χ1n) is 9.19. The van der Waals surface area contributed by atoms with Crippen LogP contribution in [0.25, 0.3) is 0 Å². The number of rotatable bonds is 4. The zero-order valence-corrected chi connectivity index (χ0v) is 16.8. The van der Waals surface area contributed by atoms with Crippen LogP contribution >= 0.6 is 23.2 Å². The predicted molar refractivity (Wildman–Crippen MR) is 109 cm³/mol. The van der Waals surface area contributed by atoms with Gasteiger partial charge < -0.3 is 15.3 Å². The third-order valence-electron chi connectivity index (χ3n) is 5.38. The molecule has 2 aliphatic rings. The van der Waals surface area contributed by atoms with E-state index in [-0.39, 0.29) is 17.7 Å². The first-order valence-corrected chi connectivity index (χ1v) is 9.94. The van der Waals surface area contributed by atoms with Crippen molar-refractivity contribution in [1.29, 1.82) is 0 Å². The van der Waals surface area contributed by atoms with Gasteiger partial charge in [0.2, 0.25) is 5.91 Å². The van der Waals surface area contributed by atoms with Crippen LogP contribution in [-0.2, 0) is 11.2 Å². The third-order valence-corrected chi connectivity index (χ3v) is 5.93. The maximum atomic E-state index is 13.0. The molecule has 0 saturated heterocycles. The lowest BCUT2D eigenvalue weighted by Crippen LogP contribution is -2.36. The minimum atomic E-state index is -0.753. The first kappa shape index (κ1) is 19.2. The molecule has 146 valence electrons. The maximum absolute atomic E-state index is 13.0. The van der Waals surface area contributed by atoms with Crippen molar-refractivity contribution in [3.8, 4) is 0 Å². The summed E-state index contributed by atoms with van der Waals surface area (Å²) in [4.78, 5) is 26.3.